The molecule has 17 heavy (non-hydrogen) atoms. The highest BCUT2D eigenvalue weighted by atomic mass is 35.5. The van der Waals surface area contributed by atoms with Gasteiger partial charge < -0.3 is 5.32 Å². The first kappa shape index (κ1) is 11.0. The minimum atomic E-state index is -0.394. The van der Waals surface area contributed by atoms with E-state index in [0.29, 0.717) is 17.1 Å². The van der Waals surface area contributed by atoms with Gasteiger partial charge >= 0.3 is 0 Å². The van der Waals surface area contributed by atoms with Crippen molar-refractivity contribution in [3.63, 3.8) is 0 Å². The van der Waals surface area contributed by atoms with Gasteiger partial charge in [-0.3, -0.25) is 4.98 Å². The molecule has 0 amide bonds. The predicted molar refractivity (Wildman–Crippen MR) is 65.7 cm³/mol. The molecular formula is C13H14ClN3. The van der Waals surface area contributed by atoms with Gasteiger partial charge in [-0.05, 0) is 37.3 Å². The third-order valence-corrected chi connectivity index (χ3v) is 4.20. The van der Waals surface area contributed by atoms with Crippen molar-refractivity contribution in [2.45, 2.75) is 43.2 Å². The average molecular weight is 248 g/mol. The Labute approximate surface area is 106 Å². The van der Waals surface area contributed by atoms with Crippen LogP contribution in [0.5, 0.6) is 0 Å². The smallest absolute Gasteiger partial charge is 0.0867 e. The molecule has 4 heteroatoms. The number of halogens is 1. The van der Waals surface area contributed by atoms with Gasteiger partial charge in [0, 0.05) is 24.5 Å². The summed E-state index contributed by atoms with van der Waals surface area (Å²) in [5.41, 5.74) is 0.584. The molecular weight excluding hydrogens is 234 g/mol. The van der Waals surface area contributed by atoms with E-state index in [1.54, 1.807) is 12.4 Å². The molecule has 3 atom stereocenters. The van der Waals surface area contributed by atoms with E-state index in [-0.39, 0.29) is 0 Å². The summed E-state index contributed by atoms with van der Waals surface area (Å²) in [5.74, 6) is 0. The lowest BCUT2D eigenvalue weighted by Crippen LogP contribution is -2.46. The second kappa shape index (κ2) is 3.97. The zero-order valence-corrected chi connectivity index (χ0v) is 10.2. The molecule has 3 heterocycles. The number of rotatable bonds is 1. The molecule has 2 fully saturated rings. The van der Waals surface area contributed by atoms with Gasteiger partial charge in [-0.1, -0.05) is 11.6 Å². The van der Waals surface area contributed by atoms with Crippen LogP contribution in [-0.2, 0) is 5.41 Å². The van der Waals surface area contributed by atoms with Crippen molar-refractivity contribution in [2.24, 2.45) is 0 Å². The van der Waals surface area contributed by atoms with Crippen LogP contribution in [0.4, 0.5) is 0 Å². The van der Waals surface area contributed by atoms with Gasteiger partial charge in [-0.15, -0.1) is 0 Å². The van der Waals surface area contributed by atoms with E-state index in [2.05, 4.69) is 16.4 Å². The fraction of sp³-hybridized carbons (Fsp3) is 0.538. The summed E-state index contributed by atoms with van der Waals surface area (Å²) in [7, 11) is 0. The molecule has 2 aliphatic rings. The number of fused-ring (bicyclic) bond motifs is 2. The van der Waals surface area contributed by atoms with Crippen LogP contribution in [0.15, 0.2) is 18.5 Å². The molecule has 0 aromatic carbocycles. The zero-order chi connectivity index (χ0) is 11.9. The van der Waals surface area contributed by atoms with Crippen molar-refractivity contribution in [1.29, 1.82) is 5.26 Å². The molecule has 0 spiro atoms. The van der Waals surface area contributed by atoms with E-state index >= 15 is 0 Å². The molecule has 88 valence electrons. The van der Waals surface area contributed by atoms with Gasteiger partial charge in [-0.25, -0.2) is 0 Å². The predicted octanol–water partition coefficient (Wildman–Crippen LogP) is 2.41. The van der Waals surface area contributed by atoms with Crippen molar-refractivity contribution in [1.82, 2.24) is 10.3 Å². The minimum absolute atomic E-state index is 0.394. The molecule has 0 aliphatic carbocycles. The van der Waals surface area contributed by atoms with Gasteiger partial charge in [0.1, 0.15) is 0 Å². The molecule has 2 bridgehead atoms. The molecule has 3 rings (SSSR count). The summed E-state index contributed by atoms with van der Waals surface area (Å²) < 4.78 is 0. The first-order valence-electron chi connectivity index (χ1n) is 6.00. The lowest BCUT2D eigenvalue weighted by atomic mass is 9.72. The van der Waals surface area contributed by atoms with Crippen LogP contribution in [0.25, 0.3) is 0 Å². The molecule has 2 saturated heterocycles. The third-order valence-electron chi connectivity index (χ3n) is 4.00. The quantitative estimate of drug-likeness (QED) is 0.829. The summed E-state index contributed by atoms with van der Waals surface area (Å²) in [5, 5.41) is 13.8. The van der Waals surface area contributed by atoms with E-state index < -0.39 is 5.41 Å². The molecule has 1 N–H and O–H groups in total. The summed E-state index contributed by atoms with van der Waals surface area (Å²) in [6.45, 7) is 0. The van der Waals surface area contributed by atoms with Crippen LogP contribution in [0.1, 0.15) is 31.2 Å². The Balaban J connectivity index is 2.00. The first-order chi connectivity index (χ1) is 8.22. The Morgan fingerprint density at radius 2 is 2.06 bits per heavy atom. The molecule has 0 radical (unpaired) electrons. The highest BCUT2D eigenvalue weighted by Crippen LogP contribution is 2.42. The van der Waals surface area contributed by atoms with Gasteiger partial charge in [-0.2, -0.15) is 5.26 Å². The number of nitrogens with zero attached hydrogens (tertiary/aromatic N) is 2. The van der Waals surface area contributed by atoms with Gasteiger partial charge in [0.25, 0.3) is 0 Å². The third kappa shape index (κ3) is 1.82. The zero-order valence-electron chi connectivity index (χ0n) is 9.49. The molecule has 0 saturated carbocycles. The first-order valence-corrected chi connectivity index (χ1v) is 6.38. The second-order valence-corrected chi connectivity index (χ2v) is 5.57. The van der Waals surface area contributed by atoms with E-state index in [4.69, 9.17) is 11.6 Å². The van der Waals surface area contributed by atoms with Crippen LogP contribution < -0.4 is 5.32 Å². The Morgan fingerprint density at radius 1 is 1.35 bits per heavy atom. The van der Waals surface area contributed by atoms with Crippen LogP contribution in [0, 0.1) is 11.3 Å². The van der Waals surface area contributed by atoms with Crippen molar-refractivity contribution in [3.8, 4) is 6.07 Å². The molecule has 2 aliphatic heterocycles. The van der Waals surface area contributed by atoms with Gasteiger partial charge in [0.05, 0.1) is 16.5 Å². The van der Waals surface area contributed by atoms with E-state index in [1.165, 1.54) is 12.8 Å². The van der Waals surface area contributed by atoms with Crippen molar-refractivity contribution < 1.29 is 0 Å². The summed E-state index contributed by atoms with van der Waals surface area (Å²) >= 11 is 5.98. The van der Waals surface area contributed by atoms with E-state index in [9.17, 15) is 5.26 Å². The van der Waals surface area contributed by atoms with E-state index in [0.717, 1.165) is 18.4 Å². The van der Waals surface area contributed by atoms with Crippen LogP contribution in [0.2, 0.25) is 5.02 Å². The summed E-state index contributed by atoms with van der Waals surface area (Å²) in [6, 6.07) is 5.37. The molecule has 0 unspecified atom stereocenters. The number of pyridine rings is 1. The van der Waals surface area contributed by atoms with Crippen molar-refractivity contribution >= 4 is 11.6 Å². The highest BCUT2D eigenvalue weighted by Gasteiger charge is 2.45. The van der Waals surface area contributed by atoms with Crippen LogP contribution in [-0.4, -0.2) is 17.1 Å². The number of hydrogen-bond acceptors (Lipinski definition) is 3. The fourth-order valence-corrected chi connectivity index (χ4v) is 3.39. The maximum absolute atomic E-state index is 9.60. The second-order valence-electron chi connectivity index (χ2n) is 5.13. The lowest BCUT2D eigenvalue weighted by molar-refractivity contribution is 0.304. The number of nitriles is 1. The Morgan fingerprint density at radius 3 is 2.65 bits per heavy atom. The Bertz CT molecular complexity index is 468. The topological polar surface area (TPSA) is 48.7 Å². The van der Waals surface area contributed by atoms with Crippen LogP contribution in [0.3, 0.4) is 0 Å². The monoisotopic (exact) mass is 247 g/mol. The summed E-state index contributed by atoms with van der Waals surface area (Å²) in [6.07, 6.45) is 7.53. The van der Waals surface area contributed by atoms with E-state index in [1.807, 2.05) is 6.07 Å². The van der Waals surface area contributed by atoms with Gasteiger partial charge in [0.15, 0.2) is 0 Å². The maximum atomic E-state index is 9.60. The summed E-state index contributed by atoms with van der Waals surface area (Å²) in [4.78, 5) is 4.12. The van der Waals surface area contributed by atoms with Crippen molar-refractivity contribution in [3.05, 3.63) is 29.0 Å². The number of aromatic nitrogens is 1. The average Bonchev–Trinajstić information content (AvgIpc) is 2.69. The van der Waals surface area contributed by atoms with Gasteiger partial charge in [0.2, 0.25) is 0 Å². The Hall–Kier alpha value is -1.11. The lowest BCUT2D eigenvalue weighted by Gasteiger charge is -2.36. The molecule has 1 aromatic heterocycles. The number of piperidine rings is 1. The molecule has 1 aromatic rings. The van der Waals surface area contributed by atoms with Crippen molar-refractivity contribution in [2.75, 3.05) is 0 Å². The maximum Gasteiger partial charge on any atom is 0.0867 e. The molecule has 3 nitrogen and oxygen atoms in total. The number of nitrogens with one attached hydrogen (secondary N) is 1. The number of hydrogen-bond donors (Lipinski definition) is 1. The minimum Gasteiger partial charge on any atom is -0.311 e. The standard InChI is InChI=1S/C13H14ClN3/c14-10-3-9(6-16-7-10)13(8-15)4-11-1-2-12(5-13)17-11/h3,6-7,11-12,17H,1-2,4-5H2/t11-,12+,13-. The Kier molecular flexibility index (Phi) is 2.57. The largest absolute Gasteiger partial charge is 0.311 e. The normalized spacial score (nSPS) is 35.5. The highest BCUT2D eigenvalue weighted by molar-refractivity contribution is 6.30. The SMILES string of the molecule is N#C[C@@]1(c2cncc(Cl)c2)C[C@H]2CC[C@@H](C1)N2. The fourth-order valence-electron chi connectivity index (χ4n) is 3.21. The van der Waals surface area contributed by atoms with Crippen LogP contribution >= 0.6 is 11.6 Å².